The summed E-state index contributed by atoms with van der Waals surface area (Å²) in [6, 6.07) is 3.88. The minimum atomic E-state index is -0.636. The van der Waals surface area contributed by atoms with Crippen molar-refractivity contribution in [3.8, 4) is 5.88 Å². The molecule has 4 bridgehead atoms. The van der Waals surface area contributed by atoms with Crippen molar-refractivity contribution in [3.05, 3.63) is 17.8 Å². The standard InChI is InChI=1S/C24H32N6O5/c1-11-2-18(30-29-11)25-17-5-19(35-16-10-34-21-15(31)9-33-22(16)21)27-23(26-17)28-20-13-3-12-4-14(20)8-24(32,6-12)7-13/h2,5,12-16,20-22,31-32H,3-4,6-10H2,1H3,(H3,25,26,27,28,29,30)/t12?,13?,14?,15-,16-,20?,21?,22?,24?/m1/s1. The molecule has 4 saturated carbocycles. The van der Waals surface area contributed by atoms with Crippen molar-refractivity contribution in [1.82, 2.24) is 20.2 Å². The maximum Gasteiger partial charge on any atom is 0.228 e. The molecule has 4 heterocycles. The number of hydrogen-bond acceptors (Lipinski definition) is 10. The summed E-state index contributed by atoms with van der Waals surface area (Å²) in [5.41, 5.74) is 0.449. The molecule has 5 N–H and O–H groups in total. The molecular weight excluding hydrogens is 452 g/mol. The zero-order valence-electron chi connectivity index (χ0n) is 19.7. The van der Waals surface area contributed by atoms with Crippen molar-refractivity contribution in [1.29, 1.82) is 0 Å². The molecule has 2 aromatic rings. The first-order chi connectivity index (χ1) is 16.9. The molecule has 0 spiro atoms. The van der Waals surface area contributed by atoms with E-state index >= 15 is 0 Å². The number of aromatic amines is 1. The second-order valence-electron chi connectivity index (χ2n) is 11.2. The summed E-state index contributed by atoms with van der Waals surface area (Å²) >= 11 is 0. The Morgan fingerprint density at radius 1 is 1.06 bits per heavy atom. The molecule has 6 fully saturated rings. The Kier molecular flexibility index (Phi) is 4.99. The van der Waals surface area contributed by atoms with Gasteiger partial charge < -0.3 is 35.1 Å². The lowest BCUT2D eigenvalue weighted by molar-refractivity contribution is -0.129. The summed E-state index contributed by atoms with van der Waals surface area (Å²) in [5, 5.41) is 35.0. The number of nitrogens with one attached hydrogen (secondary N) is 3. The van der Waals surface area contributed by atoms with Gasteiger partial charge in [0.25, 0.3) is 0 Å². The van der Waals surface area contributed by atoms with E-state index in [4.69, 9.17) is 24.2 Å². The quantitative estimate of drug-likeness (QED) is 0.409. The van der Waals surface area contributed by atoms with Gasteiger partial charge >= 0.3 is 0 Å². The molecule has 0 aromatic carbocycles. The number of nitrogens with zero attached hydrogens (tertiary/aromatic N) is 3. The van der Waals surface area contributed by atoms with Gasteiger partial charge in [-0.05, 0) is 56.8 Å². The van der Waals surface area contributed by atoms with Gasteiger partial charge in [0.15, 0.2) is 11.9 Å². The van der Waals surface area contributed by atoms with Crippen LogP contribution in [0.2, 0.25) is 0 Å². The van der Waals surface area contributed by atoms with Gasteiger partial charge in [0.2, 0.25) is 11.8 Å². The lowest BCUT2D eigenvalue weighted by Gasteiger charge is -2.58. The second-order valence-corrected chi connectivity index (χ2v) is 11.2. The molecule has 6 aliphatic rings. The van der Waals surface area contributed by atoms with Crippen LogP contribution in [0.1, 0.15) is 37.8 Å². The summed E-state index contributed by atoms with van der Waals surface area (Å²) in [5.74, 6) is 3.58. The van der Waals surface area contributed by atoms with E-state index in [1.807, 2.05) is 13.0 Å². The molecule has 2 saturated heterocycles. The zero-order valence-corrected chi connectivity index (χ0v) is 19.7. The van der Waals surface area contributed by atoms with Crippen molar-refractivity contribution in [2.24, 2.45) is 17.8 Å². The zero-order chi connectivity index (χ0) is 23.7. The molecule has 0 radical (unpaired) electrons. The fourth-order valence-corrected chi connectivity index (χ4v) is 7.29. The SMILES string of the molecule is Cc1cc(Nc2cc(O[C@@H]3COC4C3OC[C@H]4O)nc(NC3C4CC5CC3CC(O)(C5)C4)n2)n[nH]1. The first-order valence-electron chi connectivity index (χ1n) is 12.7. The molecule has 6 atom stereocenters. The highest BCUT2D eigenvalue weighted by Crippen LogP contribution is 2.56. The van der Waals surface area contributed by atoms with E-state index in [2.05, 4.69) is 20.8 Å². The summed E-state index contributed by atoms with van der Waals surface area (Å²) in [6.45, 7) is 2.51. The fraction of sp³-hybridized carbons (Fsp3) is 0.708. The normalized spacial score (nSPS) is 41.2. The number of aliphatic hydroxyl groups excluding tert-OH is 1. The van der Waals surface area contributed by atoms with E-state index in [1.54, 1.807) is 6.07 Å². The predicted octanol–water partition coefficient (Wildman–Crippen LogP) is 1.51. The highest BCUT2D eigenvalue weighted by molar-refractivity contribution is 5.55. The van der Waals surface area contributed by atoms with Crippen LogP contribution in [-0.2, 0) is 9.47 Å². The first kappa shape index (κ1) is 21.8. The van der Waals surface area contributed by atoms with Crippen LogP contribution in [0.5, 0.6) is 5.88 Å². The third-order valence-corrected chi connectivity index (χ3v) is 8.46. The molecule has 11 heteroatoms. The lowest BCUT2D eigenvalue weighted by atomic mass is 9.52. The van der Waals surface area contributed by atoms with Crippen LogP contribution in [0.25, 0.3) is 0 Å². The van der Waals surface area contributed by atoms with E-state index in [-0.39, 0.29) is 31.0 Å². The number of H-pyrrole nitrogens is 1. The molecule has 35 heavy (non-hydrogen) atoms. The van der Waals surface area contributed by atoms with Crippen LogP contribution in [0.3, 0.4) is 0 Å². The van der Waals surface area contributed by atoms with Crippen LogP contribution in [0.15, 0.2) is 12.1 Å². The molecule has 188 valence electrons. The largest absolute Gasteiger partial charge is 0.469 e. The Balaban J connectivity index is 1.15. The minimum absolute atomic E-state index is 0.232. The van der Waals surface area contributed by atoms with Crippen molar-refractivity contribution in [2.75, 3.05) is 23.8 Å². The van der Waals surface area contributed by atoms with Crippen molar-refractivity contribution < 1.29 is 24.4 Å². The van der Waals surface area contributed by atoms with Gasteiger partial charge in [-0.25, -0.2) is 0 Å². The van der Waals surface area contributed by atoms with E-state index in [0.717, 1.165) is 37.8 Å². The van der Waals surface area contributed by atoms with Crippen LogP contribution in [0.4, 0.5) is 17.6 Å². The van der Waals surface area contributed by atoms with Crippen LogP contribution in [0, 0.1) is 24.7 Å². The maximum atomic E-state index is 11.0. The minimum Gasteiger partial charge on any atom is -0.469 e. The average molecular weight is 485 g/mol. The Labute approximate surface area is 203 Å². The molecule has 0 amide bonds. The van der Waals surface area contributed by atoms with Gasteiger partial charge in [-0.3, -0.25) is 5.10 Å². The summed E-state index contributed by atoms with van der Waals surface area (Å²) in [6.07, 6.45) is 3.22. The number of anilines is 3. The number of hydrogen-bond donors (Lipinski definition) is 5. The van der Waals surface area contributed by atoms with Crippen molar-refractivity contribution >= 4 is 17.6 Å². The Bertz CT molecular complexity index is 1100. The van der Waals surface area contributed by atoms with Crippen LogP contribution >= 0.6 is 0 Å². The fourth-order valence-electron chi connectivity index (χ4n) is 7.29. The third-order valence-electron chi connectivity index (χ3n) is 8.46. The summed E-state index contributed by atoms with van der Waals surface area (Å²) in [7, 11) is 0. The van der Waals surface area contributed by atoms with Gasteiger partial charge in [0.05, 0.1) is 18.8 Å². The van der Waals surface area contributed by atoms with E-state index in [0.29, 0.717) is 47.8 Å². The van der Waals surface area contributed by atoms with Gasteiger partial charge in [-0.1, -0.05) is 0 Å². The lowest BCUT2D eigenvalue weighted by Crippen LogP contribution is -2.59. The molecule has 2 aliphatic heterocycles. The predicted molar refractivity (Wildman–Crippen MR) is 124 cm³/mol. The number of aryl methyl sites for hydroxylation is 1. The van der Waals surface area contributed by atoms with Crippen LogP contribution < -0.4 is 15.4 Å². The van der Waals surface area contributed by atoms with E-state index in [9.17, 15) is 10.2 Å². The van der Waals surface area contributed by atoms with E-state index in [1.165, 1.54) is 0 Å². The van der Waals surface area contributed by atoms with Crippen molar-refractivity contribution in [3.63, 3.8) is 0 Å². The van der Waals surface area contributed by atoms with Gasteiger partial charge in [-0.2, -0.15) is 15.1 Å². The maximum absolute atomic E-state index is 11.0. The number of fused-ring (bicyclic) bond motifs is 1. The molecule has 2 aromatic heterocycles. The number of aliphatic hydroxyl groups is 2. The summed E-state index contributed by atoms with van der Waals surface area (Å²) < 4.78 is 17.7. The Morgan fingerprint density at radius 2 is 1.86 bits per heavy atom. The summed E-state index contributed by atoms with van der Waals surface area (Å²) in [4.78, 5) is 9.42. The topological polar surface area (TPSA) is 147 Å². The van der Waals surface area contributed by atoms with Crippen LogP contribution in [-0.4, -0.2) is 79.7 Å². The molecule has 4 aliphatic carbocycles. The van der Waals surface area contributed by atoms with E-state index < -0.39 is 11.7 Å². The molecular formula is C24H32N6O5. The highest BCUT2D eigenvalue weighted by Gasteiger charge is 2.55. The van der Waals surface area contributed by atoms with Gasteiger partial charge in [0, 0.05) is 23.9 Å². The van der Waals surface area contributed by atoms with Gasteiger partial charge in [0.1, 0.15) is 24.1 Å². The highest BCUT2D eigenvalue weighted by atomic mass is 16.6. The molecule has 11 nitrogen and oxygen atoms in total. The number of rotatable bonds is 6. The van der Waals surface area contributed by atoms with Gasteiger partial charge in [-0.15, -0.1) is 0 Å². The number of aromatic nitrogens is 4. The Hall–Kier alpha value is -2.47. The number of ether oxygens (including phenoxy) is 3. The molecule has 8 rings (SSSR count). The molecule has 4 unspecified atom stereocenters. The average Bonchev–Trinajstić information content (AvgIpc) is 3.49. The monoisotopic (exact) mass is 484 g/mol. The van der Waals surface area contributed by atoms with Crippen molar-refractivity contribution in [2.45, 2.75) is 75.1 Å². The third kappa shape index (κ3) is 3.94. The Morgan fingerprint density at radius 3 is 2.60 bits per heavy atom. The second kappa shape index (κ2) is 8.02. The first-order valence-corrected chi connectivity index (χ1v) is 12.7. The smallest absolute Gasteiger partial charge is 0.228 e.